The summed E-state index contributed by atoms with van der Waals surface area (Å²) in [6, 6.07) is 0. The largest absolute Gasteiger partial charge is 0.374 e. The molecular formula is C20H32O5. The molecule has 1 N–H and O–H groups in total. The van der Waals surface area contributed by atoms with Gasteiger partial charge in [-0.05, 0) is 24.7 Å². The van der Waals surface area contributed by atoms with Crippen LogP contribution in [-0.4, -0.2) is 33.8 Å². The predicted molar refractivity (Wildman–Crippen MR) is 94.9 cm³/mol. The average Bonchev–Trinajstić information content (AvgIpc) is 2.69. The molecule has 0 heterocycles. The second-order valence-electron chi connectivity index (χ2n) is 8.40. The van der Waals surface area contributed by atoms with E-state index < -0.39 is 46.5 Å². The Bertz CT molecular complexity index is 546. The summed E-state index contributed by atoms with van der Waals surface area (Å²) in [5, 5.41) is 11.0. The van der Waals surface area contributed by atoms with E-state index in [0.29, 0.717) is 12.8 Å². The summed E-state index contributed by atoms with van der Waals surface area (Å²) in [5.74, 6) is -5.20. The van der Waals surface area contributed by atoms with Gasteiger partial charge in [0.05, 0.1) is 5.92 Å². The Morgan fingerprint density at radius 2 is 1.52 bits per heavy atom. The van der Waals surface area contributed by atoms with Crippen LogP contribution in [0.4, 0.5) is 0 Å². The van der Waals surface area contributed by atoms with Crippen LogP contribution in [0.2, 0.25) is 0 Å². The van der Waals surface area contributed by atoms with Gasteiger partial charge < -0.3 is 5.11 Å². The number of carbonyl (C=O) groups is 4. The smallest absolute Gasteiger partial charge is 0.192 e. The Balaban J connectivity index is 3.22. The topological polar surface area (TPSA) is 88.5 Å². The highest BCUT2D eigenvalue weighted by Crippen LogP contribution is 2.40. The van der Waals surface area contributed by atoms with Crippen molar-refractivity contribution >= 4 is 23.1 Å². The summed E-state index contributed by atoms with van der Waals surface area (Å²) in [5.41, 5.74) is -2.34. The maximum atomic E-state index is 12.8. The third-order valence-corrected chi connectivity index (χ3v) is 5.03. The summed E-state index contributed by atoms with van der Waals surface area (Å²) < 4.78 is 0. The minimum atomic E-state index is -2.34. The van der Waals surface area contributed by atoms with Crippen LogP contribution in [0.25, 0.3) is 0 Å². The second kappa shape index (κ2) is 8.35. The van der Waals surface area contributed by atoms with Gasteiger partial charge in [-0.1, -0.05) is 48.0 Å². The van der Waals surface area contributed by atoms with E-state index in [-0.39, 0.29) is 24.7 Å². The average molecular weight is 352 g/mol. The van der Waals surface area contributed by atoms with Crippen LogP contribution < -0.4 is 0 Å². The number of ketones is 4. The fraction of sp³-hybridized carbons (Fsp3) is 0.800. The number of hydrogen-bond donors (Lipinski definition) is 1. The monoisotopic (exact) mass is 352 g/mol. The molecule has 2 unspecified atom stereocenters. The maximum Gasteiger partial charge on any atom is 0.192 e. The van der Waals surface area contributed by atoms with Crippen molar-refractivity contribution in [3.05, 3.63) is 0 Å². The van der Waals surface area contributed by atoms with Crippen LogP contribution >= 0.6 is 0 Å². The van der Waals surface area contributed by atoms with Gasteiger partial charge in [0.15, 0.2) is 28.7 Å². The van der Waals surface area contributed by atoms with Gasteiger partial charge in [0.25, 0.3) is 0 Å². The van der Waals surface area contributed by atoms with E-state index in [0.717, 1.165) is 0 Å². The molecular weight excluding hydrogens is 320 g/mol. The highest BCUT2D eigenvalue weighted by molar-refractivity contribution is 6.33. The number of aliphatic hydroxyl groups is 1. The number of hydrogen-bond acceptors (Lipinski definition) is 5. The Labute approximate surface area is 150 Å². The van der Waals surface area contributed by atoms with Gasteiger partial charge >= 0.3 is 0 Å². The van der Waals surface area contributed by atoms with Crippen LogP contribution in [0, 0.1) is 29.6 Å². The highest BCUT2D eigenvalue weighted by Gasteiger charge is 2.64. The fourth-order valence-electron chi connectivity index (χ4n) is 3.32. The molecule has 0 aromatic carbocycles. The lowest BCUT2D eigenvalue weighted by atomic mass is 9.79. The number of Topliss-reactive ketones (excluding diaryl/α,β-unsaturated/α-hetero) is 4. The van der Waals surface area contributed by atoms with Gasteiger partial charge in [-0.3, -0.25) is 19.2 Å². The molecule has 1 saturated carbocycles. The highest BCUT2D eigenvalue weighted by atomic mass is 16.3. The van der Waals surface area contributed by atoms with E-state index in [1.54, 1.807) is 13.8 Å². The molecule has 0 aromatic heterocycles. The molecule has 0 aromatic rings. The zero-order valence-electron chi connectivity index (χ0n) is 16.3. The van der Waals surface area contributed by atoms with Gasteiger partial charge in [0, 0.05) is 12.3 Å². The zero-order chi connectivity index (χ0) is 19.5. The van der Waals surface area contributed by atoms with Crippen molar-refractivity contribution in [1.82, 2.24) is 0 Å². The van der Waals surface area contributed by atoms with Crippen LogP contribution in [0.5, 0.6) is 0 Å². The van der Waals surface area contributed by atoms with E-state index in [9.17, 15) is 24.3 Å². The quantitative estimate of drug-likeness (QED) is 0.645. The molecule has 5 heteroatoms. The maximum absolute atomic E-state index is 12.8. The van der Waals surface area contributed by atoms with E-state index in [2.05, 4.69) is 0 Å². The SMILES string of the molecule is CC(C)CCC(=O)[C@]1(O)C(=O)C(C(=O)C(C)C)C(=O)C1CCC(C)C. The van der Waals surface area contributed by atoms with Gasteiger partial charge in [-0.25, -0.2) is 0 Å². The second-order valence-corrected chi connectivity index (χ2v) is 8.40. The molecule has 25 heavy (non-hydrogen) atoms. The van der Waals surface area contributed by atoms with Gasteiger partial charge in [-0.15, -0.1) is 0 Å². The molecule has 1 aliphatic rings. The third-order valence-electron chi connectivity index (χ3n) is 5.03. The summed E-state index contributed by atoms with van der Waals surface area (Å²) in [4.78, 5) is 50.6. The lowest BCUT2D eigenvalue weighted by Gasteiger charge is -2.26. The minimum absolute atomic E-state index is 0.0357. The van der Waals surface area contributed by atoms with E-state index >= 15 is 0 Å². The van der Waals surface area contributed by atoms with Crippen LogP contribution in [0.1, 0.15) is 67.2 Å². The summed E-state index contributed by atoms with van der Waals surface area (Å²) in [6.45, 7) is 11.1. The van der Waals surface area contributed by atoms with Crippen molar-refractivity contribution in [3.63, 3.8) is 0 Å². The van der Waals surface area contributed by atoms with Gasteiger partial charge in [-0.2, -0.15) is 0 Å². The summed E-state index contributed by atoms with van der Waals surface area (Å²) in [7, 11) is 0. The van der Waals surface area contributed by atoms with Crippen molar-refractivity contribution < 1.29 is 24.3 Å². The Hall–Kier alpha value is -1.36. The fourth-order valence-corrected chi connectivity index (χ4v) is 3.32. The molecule has 3 atom stereocenters. The molecule has 5 nitrogen and oxygen atoms in total. The first kappa shape index (κ1) is 21.7. The first-order valence-electron chi connectivity index (χ1n) is 9.31. The molecule has 0 radical (unpaired) electrons. The van der Waals surface area contributed by atoms with Crippen LogP contribution in [-0.2, 0) is 19.2 Å². The van der Waals surface area contributed by atoms with Crippen molar-refractivity contribution in [2.75, 3.05) is 0 Å². The van der Waals surface area contributed by atoms with Crippen molar-refractivity contribution in [2.24, 2.45) is 29.6 Å². The van der Waals surface area contributed by atoms with Gasteiger partial charge in [0.2, 0.25) is 0 Å². The zero-order valence-corrected chi connectivity index (χ0v) is 16.3. The van der Waals surface area contributed by atoms with Crippen LogP contribution in [0.3, 0.4) is 0 Å². The summed E-state index contributed by atoms with van der Waals surface area (Å²) >= 11 is 0. The molecule has 0 amide bonds. The van der Waals surface area contributed by atoms with E-state index in [1.165, 1.54) is 0 Å². The Kier molecular flexibility index (Phi) is 7.24. The van der Waals surface area contributed by atoms with E-state index in [1.807, 2.05) is 27.7 Å². The standard InChI is InChI=1S/C20H32O5/c1-11(2)7-9-14-18(23)16(17(22)13(5)6)19(24)20(14,25)15(21)10-8-12(3)4/h11-14,16,25H,7-10H2,1-6H3/t14?,16?,20-/m0/s1. The predicted octanol–water partition coefficient (Wildman–Crippen LogP) is 2.77. The lowest BCUT2D eigenvalue weighted by Crippen LogP contribution is -2.50. The molecule has 1 rings (SSSR count). The number of rotatable bonds is 9. The first-order chi connectivity index (χ1) is 11.4. The Morgan fingerprint density at radius 3 is 1.96 bits per heavy atom. The molecule has 0 bridgehead atoms. The molecule has 1 fully saturated rings. The van der Waals surface area contributed by atoms with Crippen molar-refractivity contribution in [2.45, 2.75) is 72.8 Å². The molecule has 0 spiro atoms. The molecule has 1 aliphatic carbocycles. The van der Waals surface area contributed by atoms with Gasteiger partial charge in [0.1, 0.15) is 5.92 Å². The van der Waals surface area contributed by atoms with Crippen LogP contribution in [0.15, 0.2) is 0 Å². The first-order valence-corrected chi connectivity index (χ1v) is 9.31. The minimum Gasteiger partial charge on any atom is -0.374 e. The molecule has 142 valence electrons. The number of carbonyl (C=O) groups excluding carboxylic acids is 4. The third kappa shape index (κ3) is 4.43. The Morgan fingerprint density at radius 1 is 1.00 bits per heavy atom. The molecule has 0 saturated heterocycles. The van der Waals surface area contributed by atoms with Crippen molar-refractivity contribution in [3.8, 4) is 0 Å². The van der Waals surface area contributed by atoms with Crippen molar-refractivity contribution in [1.29, 1.82) is 0 Å². The normalized spacial score (nSPS) is 27.0. The van der Waals surface area contributed by atoms with E-state index in [4.69, 9.17) is 0 Å². The molecule has 0 aliphatic heterocycles. The lowest BCUT2D eigenvalue weighted by molar-refractivity contribution is -0.155. The summed E-state index contributed by atoms with van der Waals surface area (Å²) in [6.07, 6.45) is 1.41.